The fourth-order valence-electron chi connectivity index (χ4n) is 5.72. The van der Waals surface area contributed by atoms with Crippen LogP contribution >= 0.6 is 45.9 Å². The zero-order valence-corrected chi connectivity index (χ0v) is 38.1. The average molecular weight is 989 g/mol. The van der Waals surface area contributed by atoms with Gasteiger partial charge in [0.05, 0.1) is 24.2 Å². The van der Waals surface area contributed by atoms with Crippen molar-refractivity contribution in [1.82, 2.24) is 9.97 Å². The molecule has 0 amide bonds. The quantitative estimate of drug-likeness (QED) is 0.116. The zero-order valence-electron chi connectivity index (χ0n) is 32.1. The molecule has 0 aliphatic carbocycles. The first-order valence-electron chi connectivity index (χ1n) is 18.6. The minimum absolute atomic E-state index is 0.0306. The van der Waals surface area contributed by atoms with Gasteiger partial charge in [-0.05, 0) is 24.3 Å². The molecular formula is C48H34Cl2N2O6S2Sn. The minimum atomic E-state index is -1.71. The SMILES string of the molecule is O=C(O)Cc1sc(-c2ccccc2)nc1-c1ccc(Cl)cc1.O=C(O)Cc1sc(-c2ccccc2)nc1-c1ccc(Cl)cc1.O=[C]([Sn][C](=O)c1ccccc1)c1ccccc1. The van der Waals surface area contributed by atoms with E-state index in [1.807, 2.05) is 121 Å². The van der Waals surface area contributed by atoms with E-state index in [4.69, 9.17) is 33.4 Å². The summed E-state index contributed by atoms with van der Waals surface area (Å²) in [5.41, 5.74) is 6.45. The molecule has 0 aliphatic rings. The molecular weight excluding hydrogens is 954 g/mol. The van der Waals surface area contributed by atoms with Gasteiger partial charge in [-0.25, -0.2) is 9.97 Å². The maximum atomic E-state index is 11.9. The number of halogens is 2. The Morgan fingerprint density at radius 3 is 1.07 bits per heavy atom. The zero-order chi connectivity index (χ0) is 43.1. The van der Waals surface area contributed by atoms with Gasteiger partial charge in [-0.2, -0.15) is 0 Å². The predicted molar refractivity (Wildman–Crippen MR) is 246 cm³/mol. The molecule has 8 rings (SSSR count). The average Bonchev–Trinajstić information content (AvgIpc) is 3.90. The molecule has 0 aliphatic heterocycles. The van der Waals surface area contributed by atoms with Crippen LogP contribution < -0.4 is 0 Å². The Morgan fingerprint density at radius 2 is 0.754 bits per heavy atom. The number of hydrogen-bond donors (Lipinski definition) is 2. The summed E-state index contributed by atoms with van der Waals surface area (Å²) in [7, 11) is 0. The van der Waals surface area contributed by atoms with Crippen molar-refractivity contribution in [3.05, 3.63) is 201 Å². The third kappa shape index (κ3) is 13.1. The Bertz CT molecular complexity index is 2530. The van der Waals surface area contributed by atoms with Gasteiger partial charge in [-0.3, -0.25) is 9.59 Å². The van der Waals surface area contributed by atoms with Crippen LogP contribution in [0.3, 0.4) is 0 Å². The molecule has 0 fully saturated rings. The number of carboxylic acids is 2. The molecule has 6 aromatic carbocycles. The molecule has 2 aromatic heterocycles. The van der Waals surface area contributed by atoms with Crippen molar-refractivity contribution in [3.8, 4) is 43.7 Å². The van der Waals surface area contributed by atoms with E-state index in [1.54, 1.807) is 48.5 Å². The molecule has 2 radical (unpaired) electrons. The van der Waals surface area contributed by atoms with Gasteiger partial charge in [-0.1, -0.05) is 108 Å². The Balaban J connectivity index is 0.000000155. The van der Waals surface area contributed by atoms with E-state index in [0.717, 1.165) is 42.0 Å². The van der Waals surface area contributed by atoms with E-state index >= 15 is 0 Å². The monoisotopic (exact) mass is 988 g/mol. The van der Waals surface area contributed by atoms with Gasteiger partial charge < -0.3 is 10.2 Å². The van der Waals surface area contributed by atoms with Gasteiger partial charge >= 0.3 is 122 Å². The predicted octanol–water partition coefficient (Wildman–Crippen LogP) is 11.9. The van der Waals surface area contributed by atoms with Crippen molar-refractivity contribution in [3.63, 3.8) is 0 Å². The van der Waals surface area contributed by atoms with Gasteiger partial charge in [-0.15, -0.1) is 22.7 Å². The fraction of sp³-hybridized carbons (Fsp3) is 0.0417. The van der Waals surface area contributed by atoms with Crippen molar-refractivity contribution in [2.45, 2.75) is 12.8 Å². The maximum absolute atomic E-state index is 11.9. The summed E-state index contributed by atoms with van der Waals surface area (Å²) in [4.78, 5) is 56.8. The van der Waals surface area contributed by atoms with Crippen LogP contribution in [0.5, 0.6) is 0 Å². The van der Waals surface area contributed by atoms with Gasteiger partial charge in [0.25, 0.3) is 0 Å². The fourth-order valence-corrected chi connectivity index (χ4v) is 10.5. The van der Waals surface area contributed by atoms with Crippen LogP contribution in [0.25, 0.3) is 43.7 Å². The number of aromatic nitrogens is 2. The second-order valence-electron chi connectivity index (χ2n) is 13.0. The molecule has 0 atom stereocenters. The third-order valence-corrected chi connectivity index (χ3v) is 14.3. The van der Waals surface area contributed by atoms with Crippen LogP contribution in [0.4, 0.5) is 0 Å². The molecule has 0 saturated heterocycles. The van der Waals surface area contributed by atoms with E-state index in [0.29, 0.717) is 32.6 Å². The van der Waals surface area contributed by atoms with Gasteiger partial charge in [0.1, 0.15) is 10.0 Å². The first-order valence-corrected chi connectivity index (χ1v) is 23.8. The standard InChI is InChI=1S/2C17H12ClNO2S.2C7H5O.Sn/c2*18-13-8-6-11(7-9-13)16-14(10-15(20)21)22-17(19-16)12-4-2-1-3-5-12;2*8-6-7-4-2-1-3-5-7;/h2*1-9H,10H2,(H,20,21);2*1-5H;. The molecule has 302 valence electrons. The van der Waals surface area contributed by atoms with E-state index < -0.39 is 33.1 Å². The Labute approximate surface area is 380 Å². The summed E-state index contributed by atoms with van der Waals surface area (Å²) in [6.07, 6.45) is -0.0785. The van der Waals surface area contributed by atoms with Crippen LogP contribution in [0.1, 0.15) is 30.5 Å². The summed E-state index contributed by atoms with van der Waals surface area (Å²) in [5, 5.41) is 21.2. The number of thiazole rings is 2. The normalized spacial score (nSPS) is 10.4. The van der Waals surface area contributed by atoms with E-state index in [1.165, 1.54) is 22.7 Å². The number of hydrogen-bond acceptors (Lipinski definition) is 8. The molecule has 61 heavy (non-hydrogen) atoms. The molecule has 2 N–H and O–H groups in total. The summed E-state index contributed by atoms with van der Waals surface area (Å²) in [5.74, 6) is -1.73. The number of benzene rings is 6. The number of carbonyl (C=O) groups is 4. The topological polar surface area (TPSA) is 135 Å². The van der Waals surface area contributed by atoms with Crippen LogP contribution in [-0.2, 0) is 22.4 Å². The molecule has 0 saturated carbocycles. The summed E-state index contributed by atoms with van der Waals surface area (Å²) in [6, 6.07) is 52.1. The first-order chi connectivity index (χ1) is 29.5. The van der Waals surface area contributed by atoms with Crippen LogP contribution in [-0.4, -0.2) is 60.9 Å². The van der Waals surface area contributed by atoms with Crippen molar-refractivity contribution in [2.24, 2.45) is 0 Å². The second-order valence-corrected chi connectivity index (χ2v) is 19.3. The molecule has 8 nitrogen and oxygen atoms in total. The second kappa shape index (κ2) is 22.2. The molecule has 8 aromatic rings. The Hall–Kier alpha value is -5.76. The van der Waals surface area contributed by atoms with Crippen molar-refractivity contribution in [2.75, 3.05) is 0 Å². The number of nitrogens with zero attached hydrogens (tertiary/aromatic N) is 2. The van der Waals surface area contributed by atoms with Crippen LogP contribution in [0.15, 0.2) is 170 Å². The number of carboxylic acid groups (broad SMARTS) is 2. The van der Waals surface area contributed by atoms with Crippen LogP contribution in [0, 0.1) is 0 Å². The molecule has 0 spiro atoms. The van der Waals surface area contributed by atoms with E-state index in [9.17, 15) is 19.2 Å². The number of aliphatic carboxylic acids is 2. The number of rotatable bonds is 12. The third-order valence-electron chi connectivity index (χ3n) is 8.59. The van der Waals surface area contributed by atoms with E-state index in [-0.39, 0.29) is 20.4 Å². The van der Waals surface area contributed by atoms with Crippen LogP contribution in [0.2, 0.25) is 10.0 Å². The van der Waals surface area contributed by atoms with Crippen molar-refractivity contribution in [1.29, 1.82) is 0 Å². The van der Waals surface area contributed by atoms with Gasteiger partial charge in [0.2, 0.25) is 0 Å². The summed E-state index contributed by atoms with van der Waals surface area (Å²) in [6.45, 7) is 0. The Kier molecular flexibility index (Phi) is 16.3. The molecule has 13 heteroatoms. The van der Waals surface area contributed by atoms with E-state index in [2.05, 4.69) is 9.97 Å². The summed E-state index contributed by atoms with van der Waals surface area (Å²) < 4.78 is 0.0612. The van der Waals surface area contributed by atoms with Crippen molar-refractivity contribution >= 4 is 86.6 Å². The molecule has 0 unspecified atom stereocenters. The molecule has 2 heterocycles. The van der Waals surface area contributed by atoms with Gasteiger partial charge in [0.15, 0.2) is 0 Å². The van der Waals surface area contributed by atoms with Crippen molar-refractivity contribution < 1.29 is 29.4 Å². The molecule has 0 bridgehead atoms. The Morgan fingerprint density at radius 1 is 0.443 bits per heavy atom. The number of carbonyl (C=O) groups excluding carboxylic acids is 2. The first kappa shape index (κ1) is 44.8. The van der Waals surface area contributed by atoms with Gasteiger partial charge in [0, 0.05) is 42.1 Å². The summed E-state index contributed by atoms with van der Waals surface area (Å²) >= 11 is 12.9.